The topological polar surface area (TPSA) is 56.0 Å². The molecule has 0 bridgehead atoms. The fraction of sp³-hybridized carbons (Fsp3) is 0.435. The van der Waals surface area contributed by atoms with E-state index in [1.165, 1.54) is 18.9 Å². The Morgan fingerprint density at radius 3 is 2.73 bits per heavy atom. The number of carbonyl (C=O) groups excluding carboxylic acids is 1. The molecule has 1 aliphatic carbocycles. The summed E-state index contributed by atoms with van der Waals surface area (Å²) in [5.41, 5.74) is 2.73. The lowest BCUT2D eigenvalue weighted by atomic mass is 9.96. The number of para-hydroxylation sites is 1. The molecule has 7 heteroatoms. The predicted molar refractivity (Wildman–Crippen MR) is 111 cm³/mol. The Morgan fingerprint density at radius 2 is 1.97 bits per heavy atom. The molecule has 30 heavy (non-hydrogen) atoms. The van der Waals surface area contributed by atoms with Crippen molar-refractivity contribution < 1.29 is 9.18 Å². The molecule has 2 aromatic heterocycles. The molecular formula is C23H26FN5O. The number of aryl methyl sites for hydroxylation is 1. The molecule has 1 amide bonds. The van der Waals surface area contributed by atoms with Crippen molar-refractivity contribution in [1.29, 1.82) is 0 Å². The zero-order valence-corrected chi connectivity index (χ0v) is 17.4. The summed E-state index contributed by atoms with van der Waals surface area (Å²) < 4.78 is 18.4. The van der Waals surface area contributed by atoms with Gasteiger partial charge < -0.3 is 14.0 Å². The third-order valence-electron chi connectivity index (χ3n) is 6.37. The maximum Gasteiger partial charge on any atom is 0.255 e. The molecule has 0 N–H and O–H groups in total. The Kier molecular flexibility index (Phi) is 4.68. The Labute approximate surface area is 175 Å². The van der Waals surface area contributed by atoms with Crippen LogP contribution >= 0.6 is 0 Å². The van der Waals surface area contributed by atoms with Crippen LogP contribution in [0.4, 0.5) is 4.39 Å². The third-order valence-corrected chi connectivity index (χ3v) is 6.37. The summed E-state index contributed by atoms with van der Waals surface area (Å²) in [6.07, 6.45) is 6.16. The van der Waals surface area contributed by atoms with E-state index in [2.05, 4.69) is 14.8 Å². The van der Waals surface area contributed by atoms with Crippen LogP contribution in [0.15, 0.2) is 36.7 Å². The van der Waals surface area contributed by atoms with Crippen molar-refractivity contribution in [3.05, 3.63) is 65.3 Å². The lowest BCUT2D eigenvalue weighted by molar-refractivity contribution is 0.0702. The van der Waals surface area contributed by atoms with E-state index in [4.69, 9.17) is 0 Å². The normalized spacial score (nSPS) is 19.3. The van der Waals surface area contributed by atoms with Crippen LogP contribution in [-0.2, 0) is 0 Å². The van der Waals surface area contributed by atoms with E-state index in [9.17, 15) is 9.18 Å². The molecule has 1 unspecified atom stereocenters. The molecule has 1 saturated carbocycles. The number of hydrogen-bond donors (Lipinski definition) is 0. The Morgan fingerprint density at radius 1 is 1.17 bits per heavy atom. The highest BCUT2D eigenvalue weighted by Gasteiger charge is 2.33. The van der Waals surface area contributed by atoms with Gasteiger partial charge in [0.25, 0.3) is 5.91 Å². The minimum absolute atomic E-state index is 0.00729. The maximum absolute atomic E-state index is 14.4. The van der Waals surface area contributed by atoms with E-state index in [1.807, 2.05) is 41.8 Å². The summed E-state index contributed by atoms with van der Waals surface area (Å²) in [6.45, 7) is 5.18. The number of benzene rings is 1. The molecule has 0 spiro atoms. The summed E-state index contributed by atoms with van der Waals surface area (Å²) >= 11 is 0. The summed E-state index contributed by atoms with van der Waals surface area (Å²) in [7, 11) is 0. The first kappa shape index (κ1) is 19.0. The largest absolute Gasteiger partial charge is 0.338 e. The zero-order valence-electron chi connectivity index (χ0n) is 17.4. The molecule has 1 aliphatic heterocycles. The second-order valence-corrected chi connectivity index (χ2v) is 8.49. The van der Waals surface area contributed by atoms with Crippen molar-refractivity contribution in [3.63, 3.8) is 0 Å². The Hall–Kier alpha value is -2.96. The molecule has 1 aromatic carbocycles. The fourth-order valence-electron chi connectivity index (χ4n) is 4.70. The van der Waals surface area contributed by atoms with Crippen LogP contribution in [0.25, 0.3) is 5.69 Å². The van der Waals surface area contributed by atoms with Crippen molar-refractivity contribution >= 4 is 5.91 Å². The molecule has 2 aliphatic rings. The number of aromatic nitrogens is 4. The molecule has 0 radical (unpaired) electrons. The van der Waals surface area contributed by atoms with Crippen LogP contribution in [0, 0.1) is 19.7 Å². The Bertz CT molecular complexity index is 1100. The third kappa shape index (κ3) is 3.22. The summed E-state index contributed by atoms with van der Waals surface area (Å²) in [5, 5.41) is 8.51. The molecule has 3 heterocycles. The van der Waals surface area contributed by atoms with Gasteiger partial charge in [0, 0.05) is 36.4 Å². The van der Waals surface area contributed by atoms with Gasteiger partial charge in [-0.2, -0.15) is 0 Å². The number of carbonyl (C=O) groups is 1. The monoisotopic (exact) mass is 407 g/mol. The van der Waals surface area contributed by atoms with Crippen LogP contribution in [-0.4, -0.2) is 43.2 Å². The van der Waals surface area contributed by atoms with E-state index in [-0.39, 0.29) is 17.6 Å². The van der Waals surface area contributed by atoms with Gasteiger partial charge in [-0.3, -0.25) is 4.79 Å². The molecule has 156 valence electrons. The lowest BCUT2D eigenvalue weighted by Gasteiger charge is -2.32. The van der Waals surface area contributed by atoms with Gasteiger partial charge in [-0.15, -0.1) is 10.2 Å². The number of halogens is 1. The standard InChI is InChI=1S/C23H26FN5O/c1-15-12-19(16(2)29(15)21-8-4-3-7-20(21)24)23(30)27-11-5-6-17(13-27)22-26-25-14-28(22)18-9-10-18/h3-4,7-8,12,14,17-18H,5-6,9-11,13H2,1-2H3. The molecular weight excluding hydrogens is 381 g/mol. The Balaban J connectivity index is 1.41. The smallest absolute Gasteiger partial charge is 0.255 e. The average Bonchev–Trinajstić information content (AvgIpc) is 3.40. The van der Waals surface area contributed by atoms with E-state index < -0.39 is 0 Å². The van der Waals surface area contributed by atoms with Crippen molar-refractivity contribution in [2.45, 2.75) is 51.5 Å². The van der Waals surface area contributed by atoms with Gasteiger partial charge >= 0.3 is 0 Å². The molecule has 6 nitrogen and oxygen atoms in total. The van der Waals surface area contributed by atoms with Crippen LogP contribution in [0.2, 0.25) is 0 Å². The van der Waals surface area contributed by atoms with Crippen molar-refractivity contribution in [3.8, 4) is 5.69 Å². The fourth-order valence-corrected chi connectivity index (χ4v) is 4.70. The zero-order chi connectivity index (χ0) is 20.8. The first-order valence-corrected chi connectivity index (χ1v) is 10.7. The molecule has 5 rings (SSSR count). The number of piperidine rings is 1. The summed E-state index contributed by atoms with van der Waals surface area (Å²) in [5.74, 6) is 0.927. The molecule has 3 aromatic rings. The molecule has 1 saturated heterocycles. The van der Waals surface area contributed by atoms with Gasteiger partial charge in [-0.05, 0) is 57.7 Å². The number of nitrogens with zero attached hydrogens (tertiary/aromatic N) is 5. The van der Waals surface area contributed by atoms with Crippen molar-refractivity contribution in [2.24, 2.45) is 0 Å². The summed E-state index contributed by atoms with van der Waals surface area (Å²) in [4.78, 5) is 15.3. The first-order chi connectivity index (χ1) is 14.5. The van der Waals surface area contributed by atoms with Gasteiger partial charge in [0.15, 0.2) is 0 Å². The van der Waals surface area contributed by atoms with Gasteiger partial charge in [-0.25, -0.2) is 4.39 Å². The van der Waals surface area contributed by atoms with Gasteiger partial charge in [0.2, 0.25) is 0 Å². The quantitative estimate of drug-likeness (QED) is 0.652. The van der Waals surface area contributed by atoms with Crippen LogP contribution in [0.1, 0.15) is 65.2 Å². The molecule has 2 fully saturated rings. The minimum Gasteiger partial charge on any atom is -0.338 e. The summed E-state index contributed by atoms with van der Waals surface area (Å²) in [6, 6.07) is 9.07. The highest BCUT2D eigenvalue weighted by atomic mass is 19.1. The van der Waals surface area contributed by atoms with Gasteiger partial charge in [0.05, 0.1) is 11.3 Å². The second-order valence-electron chi connectivity index (χ2n) is 8.49. The van der Waals surface area contributed by atoms with Gasteiger partial charge in [-0.1, -0.05) is 12.1 Å². The minimum atomic E-state index is -0.296. The number of amides is 1. The number of hydrogen-bond acceptors (Lipinski definition) is 3. The van der Waals surface area contributed by atoms with Crippen molar-refractivity contribution in [2.75, 3.05) is 13.1 Å². The second kappa shape index (κ2) is 7.38. The van der Waals surface area contributed by atoms with Crippen molar-refractivity contribution in [1.82, 2.24) is 24.2 Å². The van der Waals surface area contributed by atoms with Crippen LogP contribution in [0.3, 0.4) is 0 Å². The molecule has 1 atom stereocenters. The van der Waals surface area contributed by atoms with E-state index >= 15 is 0 Å². The highest BCUT2D eigenvalue weighted by molar-refractivity contribution is 5.96. The first-order valence-electron chi connectivity index (χ1n) is 10.7. The van der Waals surface area contributed by atoms with Crippen LogP contribution in [0.5, 0.6) is 0 Å². The SMILES string of the molecule is Cc1cc(C(=O)N2CCCC(c3nncn3C3CC3)C2)c(C)n1-c1ccccc1F. The van der Waals surface area contributed by atoms with Crippen LogP contribution < -0.4 is 0 Å². The van der Waals surface area contributed by atoms with E-state index in [0.717, 1.165) is 36.6 Å². The lowest BCUT2D eigenvalue weighted by Crippen LogP contribution is -2.40. The van der Waals surface area contributed by atoms with E-state index in [0.29, 0.717) is 23.8 Å². The maximum atomic E-state index is 14.4. The van der Waals surface area contributed by atoms with Gasteiger partial charge in [0.1, 0.15) is 18.0 Å². The number of likely N-dealkylation sites (tertiary alicyclic amines) is 1. The van der Waals surface area contributed by atoms with E-state index in [1.54, 1.807) is 12.1 Å². The number of rotatable bonds is 4. The predicted octanol–water partition coefficient (Wildman–Crippen LogP) is 4.18. The average molecular weight is 407 g/mol. The highest BCUT2D eigenvalue weighted by Crippen LogP contribution is 2.38.